The lowest BCUT2D eigenvalue weighted by Crippen LogP contribution is -2.40. The largest absolute Gasteiger partial charge is 0.346 e. The maximum Gasteiger partial charge on any atom is 0.185 e. The summed E-state index contributed by atoms with van der Waals surface area (Å²) in [5.74, 6) is 0. The average molecular weight is 271 g/mol. The molecule has 96 valence electrons. The molecule has 0 amide bonds. The van der Waals surface area contributed by atoms with Crippen LogP contribution in [0.1, 0.15) is 32.5 Å². The second kappa shape index (κ2) is 5.59. The molecule has 0 bridgehead atoms. The fourth-order valence-electron chi connectivity index (χ4n) is 2.10. The zero-order valence-corrected chi connectivity index (χ0v) is 12.6. The van der Waals surface area contributed by atoms with E-state index in [1.54, 1.807) is 11.3 Å². The molecule has 1 fully saturated rings. The first-order valence-electron chi connectivity index (χ1n) is 6.13. The molecule has 0 radical (unpaired) electrons. The summed E-state index contributed by atoms with van der Waals surface area (Å²) in [4.78, 5) is 7.18. The van der Waals surface area contributed by atoms with Gasteiger partial charge in [0.1, 0.15) is 0 Å². The van der Waals surface area contributed by atoms with Crippen LogP contribution in [0, 0.1) is 0 Å². The molecule has 1 aromatic heterocycles. The smallest absolute Gasteiger partial charge is 0.185 e. The minimum atomic E-state index is 0.342. The minimum Gasteiger partial charge on any atom is -0.346 e. The first-order valence-corrected chi connectivity index (χ1v) is 7.95. The summed E-state index contributed by atoms with van der Waals surface area (Å²) in [6.07, 6.45) is 0. The number of thioether (sulfide) groups is 1. The molecule has 0 aromatic carbocycles. The van der Waals surface area contributed by atoms with Crippen molar-refractivity contribution in [1.29, 1.82) is 0 Å². The highest BCUT2D eigenvalue weighted by Crippen LogP contribution is 2.31. The lowest BCUT2D eigenvalue weighted by atomic mass is 10.3. The van der Waals surface area contributed by atoms with Crippen molar-refractivity contribution in [3.05, 3.63) is 11.1 Å². The first kappa shape index (κ1) is 13.2. The van der Waals surface area contributed by atoms with Crippen LogP contribution >= 0.6 is 23.1 Å². The Balaban J connectivity index is 2.09. The van der Waals surface area contributed by atoms with E-state index in [1.165, 1.54) is 5.13 Å². The average Bonchev–Trinajstić information content (AvgIpc) is 2.76. The lowest BCUT2D eigenvalue weighted by molar-refractivity contribution is 0.634. The van der Waals surface area contributed by atoms with Gasteiger partial charge in [-0.3, -0.25) is 0 Å². The molecule has 3 nitrogen and oxygen atoms in total. The van der Waals surface area contributed by atoms with Gasteiger partial charge in [0.25, 0.3) is 0 Å². The fourth-order valence-corrected chi connectivity index (χ4v) is 4.37. The molecule has 0 saturated carbocycles. The number of aromatic nitrogens is 1. The summed E-state index contributed by atoms with van der Waals surface area (Å²) in [5, 5.41) is 8.00. The summed E-state index contributed by atoms with van der Waals surface area (Å²) in [6.45, 7) is 9.00. The fraction of sp³-hybridized carbons (Fsp3) is 0.750. The van der Waals surface area contributed by atoms with Crippen LogP contribution in [0.2, 0.25) is 0 Å². The summed E-state index contributed by atoms with van der Waals surface area (Å²) < 4.78 is 0. The summed E-state index contributed by atoms with van der Waals surface area (Å²) in [5.41, 5.74) is 1.16. The van der Waals surface area contributed by atoms with E-state index in [0.717, 1.165) is 18.8 Å². The second-order valence-corrected chi connectivity index (χ2v) is 7.45. The molecule has 1 aromatic rings. The first-order chi connectivity index (χ1) is 8.10. The standard InChI is InChI=1S/C12H21N3S2/c1-8-5-15(6-9(2)17-8)12-14-11(7-16-12)10(3)13-4/h7-10,13H,5-6H2,1-4H3. The molecule has 5 heteroatoms. The van der Waals surface area contributed by atoms with Gasteiger partial charge in [0.15, 0.2) is 5.13 Å². The van der Waals surface area contributed by atoms with E-state index < -0.39 is 0 Å². The van der Waals surface area contributed by atoms with Crippen molar-refractivity contribution in [3.63, 3.8) is 0 Å². The van der Waals surface area contributed by atoms with Crippen LogP contribution < -0.4 is 10.2 Å². The summed E-state index contributed by atoms with van der Waals surface area (Å²) in [6, 6.07) is 0.342. The van der Waals surface area contributed by atoms with E-state index in [9.17, 15) is 0 Å². The highest BCUT2D eigenvalue weighted by Gasteiger charge is 2.24. The zero-order valence-electron chi connectivity index (χ0n) is 10.9. The SMILES string of the molecule is CNC(C)c1csc(N2CC(C)SC(C)C2)n1. The van der Waals surface area contributed by atoms with Crippen LogP contribution in [-0.4, -0.2) is 35.6 Å². The van der Waals surface area contributed by atoms with E-state index in [1.807, 2.05) is 7.05 Å². The van der Waals surface area contributed by atoms with Crippen LogP contribution in [0.4, 0.5) is 5.13 Å². The van der Waals surface area contributed by atoms with Gasteiger partial charge in [0.05, 0.1) is 5.69 Å². The van der Waals surface area contributed by atoms with Crippen molar-refractivity contribution < 1.29 is 0 Å². The predicted octanol–water partition coefficient (Wildman–Crippen LogP) is 2.75. The van der Waals surface area contributed by atoms with E-state index in [0.29, 0.717) is 16.5 Å². The molecule has 0 spiro atoms. The molecule has 3 unspecified atom stereocenters. The number of anilines is 1. The van der Waals surface area contributed by atoms with Crippen LogP contribution in [-0.2, 0) is 0 Å². The van der Waals surface area contributed by atoms with E-state index >= 15 is 0 Å². The highest BCUT2D eigenvalue weighted by molar-refractivity contribution is 8.00. The number of hydrogen-bond acceptors (Lipinski definition) is 5. The van der Waals surface area contributed by atoms with Gasteiger partial charge in [-0.25, -0.2) is 4.98 Å². The van der Waals surface area contributed by atoms with Gasteiger partial charge >= 0.3 is 0 Å². The van der Waals surface area contributed by atoms with Crippen molar-refractivity contribution in [2.45, 2.75) is 37.3 Å². The quantitative estimate of drug-likeness (QED) is 0.915. The molecule has 1 N–H and O–H groups in total. The van der Waals surface area contributed by atoms with E-state index in [4.69, 9.17) is 4.98 Å². The third kappa shape index (κ3) is 3.14. The molecule has 1 aliphatic heterocycles. The summed E-state index contributed by atoms with van der Waals surface area (Å²) in [7, 11) is 1.98. The maximum absolute atomic E-state index is 4.75. The van der Waals surface area contributed by atoms with Gasteiger partial charge in [-0.05, 0) is 14.0 Å². The molecule has 17 heavy (non-hydrogen) atoms. The van der Waals surface area contributed by atoms with Crippen LogP contribution in [0.25, 0.3) is 0 Å². The molecule has 0 aliphatic carbocycles. The molecule has 1 aliphatic rings. The van der Waals surface area contributed by atoms with Crippen LogP contribution in [0.3, 0.4) is 0 Å². The molecular weight excluding hydrogens is 250 g/mol. The van der Waals surface area contributed by atoms with E-state index in [-0.39, 0.29) is 0 Å². The highest BCUT2D eigenvalue weighted by atomic mass is 32.2. The molecular formula is C12H21N3S2. The second-order valence-electron chi connectivity index (χ2n) is 4.73. The molecule has 1 saturated heterocycles. The van der Waals surface area contributed by atoms with Gasteiger partial charge in [0, 0.05) is 35.0 Å². The van der Waals surface area contributed by atoms with Crippen LogP contribution in [0.15, 0.2) is 5.38 Å². The Morgan fingerprint density at radius 2 is 2.06 bits per heavy atom. The maximum atomic E-state index is 4.75. The summed E-state index contributed by atoms with van der Waals surface area (Å²) >= 11 is 3.85. The predicted molar refractivity (Wildman–Crippen MR) is 78.3 cm³/mol. The Morgan fingerprint density at radius 3 is 2.65 bits per heavy atom. The van der Waals surface area contributed by atoms with Crippen molar-refractivity contribution in [3.8, 4) is 0 Å². The van der Waals surface area contributed by atoms with Gasteiger partial charge in [0.2, 0.25) is 0 Å². The Morgan fingerprint density at radius 1 is 1.41 bits per heavy atom. The van der Waals surface area contributed by atoms with Gasteiger partial charge in [-0.15, -0.1) is 11.3 Å². The van der Waals surface area contributed by atoms with Gasteiger partial charge in [-0.1, -0.05) is 13.8 Å². The number of nitrogens with zero attached hydrogens (tertiary/aromatic N) is 2. The molecule has 2 heterocycles. The monoisotopic (exact) mass is 271 g/mol. The van der Waals surface area contributed by atoms with Crippen molar-refractivity contribution >= 4 is 28.2 Å². The minimum absolute atomic E-state index is 0.342. The topological polar surface area (TPSA) is 28.2 Å². The van der Waals surface area contributed by atoms with Crippen molar-refractivity contribution in [2.75, 3.05) is 25.0 Å². The molecule has 3 atom stereocenters. The normalized spacial score (nSPS) is 27.2. The lowest BCUT2D eigenvalue weighted by Gasteiger charge is -2.34. The van der Waals surface area contributed by atoms with Crippen molar-refractivity contribution in [2.24, 2.45) is 0 Å². The Kier molecular flexibility index (Phi) is 4.33. The van der Waals surface area contributed by atoms with E-state index in [2.05, 4.69) is 48.1 Å². The Bertz CT molecular complexity index is 356. The molecule has 2 rings (SSSR count). The number of nitrogens with one attached hydrogen (secondary N) is 1. The third-order valence-corrected chi connectivity index (χ3v) is 5.22. The van der Waals surface area contributed by atoms with Gasteiger partial charge in [-0.2, -0.15) is 11.8 Å². The Labute approximate surface area is 112 Å². The number of thiazole rings is 1. The van der Waals surface area contributed by atoms with Crippen molar-refractivity contribution in [1.82, 2.24) is 10.3 Å². The number of hydrogen-bond donors (Lipinski definition) is 1. The van der Waals surface area contributed by atoms with Gasteiger partial charge < -0.3 is 10.2 Å². The van der Waals surface area contributed by atoms with Crippen LogP contribution in [0.5, 0.6) is 0 Å². The third-order valence-electron chi connectivity index (χ3n) is 3.08. The number of rotatable bonds is 3. The zero-order chi connectivity index (χ0) is 12.4. The Hall–Kier alpha value is -0.260.